The lowest BCUT2D eigenvalue weighted by Crippen LogP contribution is -2.17. The number of carbonyl (C=O) groups excluding carboxylic acids is 1. The van der Waals surface area contributed by atoms with E-state index in [1.807, 2.05) is 24.3 Å². The van der Waals surface area contributed by atoms with Crippen molar-refractivity contribution in [2.45, 2.75) is 32.8 Å². The molecule has 0 saturated carbocycles. The number of anilines is 1. The van der Waals surface area contributed by atoms with Crippen LogP contribution in [-0.4, -0.2) is 12.5 Å². The number of amides is 1. The number of rotatable bonds is 5. The third kappa shape index (κ3) is 5.71. The van der Waals surface area contributed by atoms with Crippen LogP contribution in [0.4, 0.5) is 14.5 Å². The molecular weight excluding hydrogens is 324 g/mol. The number of nitrogens with one attached hydrogen (secondary N) is 1. The minimum absolute atomic E-state index is 0.0794. The van der Waals surface area contributed by atoms with Crippen LogP contribution in [0.2, 0.25) is 0 Å². The maximum absolute atomic E-state index is 12.2. The minimum atomic E-state index is -2.85. The first-order valence-corrected chi connectivity index (χ1v) is 7.89. The number of hydrogen-bond donors (Lipinski definition) is 1. The van der Waals surface area contributed by atoms with Crippen LogP contribution in [0.5, 0.6) is 5.75 Å². The smallest absolute Gasteiger partial charge is 0.387 e. The average molecular weight is 345 g/mol. The second-order valence-electron chi connectivity index (χ2n) is 6.57. The van der Waals surface area contributed by atoms with E-state index < -0.39 is 6.61 Å². The van der Waals surface area contributed by atoms with Crippen LogP contribution in [0.15, 0.2) is 54.6 Å². The zero-order valence-electron chi connectivity index (χ0n) is 14.4. The molecule has 5 heteroatoms. The average Bonchev–Trinajstić information content (AvgIpc) is 2.53. The van der Waals surface area contributed by atoms with Gasteiger partial charge in [-0.25, -0.2) is 0 Å². The van der Waals surface area contributed by atoms with Crippen molar-refractivity contribution in [3.63, 3.8) is 0 Å². The van der Waals surface area contributed by atoms with Gasteiger partial charge in [0.25, 0.3) is 0 Å². The van der Waals surface area contributed by atoms with Crippen molar-refractivity contribution in [1.82, 2.24) is 0 Å². The number of halogens is 2. The molecule has 0 heterocycles. The van der Waals surface area contributed by atoms with Gasteiger partial charge in [-0.05, 0) is 40.8 Å². The summed E-state index contributed by atoms with van der Waals surface area (Å²) in [5.74, 6) is -0.180. The Morgan fingerprint density at radius 1 is 1.08 bits per heavy atom. The molecular formula is C20H21F2NO2. The summed E-state index contributed by atoms with van der Waals surface area (Å²) >= 11 is 0. The number of para-hydroxylation sites is 1. The first-order valence-electron chi connectivity index (χ1n) is 7.89. The lowest BCUT2D eigenvalue weighted by molar-refractivity contribution is -0.111. The highest BCUT2D eigenvalue weighted by Crippen LogP contribution is 2.29. The molecule has 0 aromatic heterocycles. The largest absolute Gasteiger partial charge is 0.435 e. The van der Waals surface area contributed by atoms with E-state index in [1.165, 1.54) is 18.2 Å². The Balaban J connectivity index is 2.04. The van der Waals surface area contributed by atoms with E-state index in [1.54, 1.807) is 18.2 Å². The molecule has 0 radical (unpaired) electrons. The topological polar surface area (TPSA) is 38.3 Å². The van der Waals surface area contributed by atoms with Crippen molar-refractivity contribution >= 4 is 17.7 Å². The molecule has 1 amide bonds. The van der Waals surface area contributed by atoms with Gasteiger partial charge in [0.2, 0.25) is 5.91 Å². The van der Waals surface area contributed by atoms with Crippen LogP contribution in [0, 0.1) is 0 Å². The third-order valence-electron chi connectivity index (χ3n) is 3.53. The molecule has 1 N–H and O–H groups in total. The Morgan fingerprint density at radius 2 is 1.72 bits per heavy atom. The molecule has 0 bridgehead atoms. The Bertz CT molecular complexity index is 747. The van der Waals surface area contributed by atoms with Crippen molar-refractivity contribution < 1.29 is 18.3 Å². The van der Waals surface area contributed by atoms with E-state index in [9.17, 15) is 13.6 Å². The van der Waals surface area contributed by atoms with Gasteiger partial charge in [0.15, 0.2) is 0 Å². The van der Waals surface area contributed by atoms with Gasteiger partial charge in [-0.2, -0.15) is 8.78 Å². The predicted octanol–water partition coefficient (Wildman–Crippen LogP) is 5.24. The van der Waals surface area contributed by atoms with E-state index in [0.717, 1.165) is 11.3 Å². The maximum Gasteiger partial charge on any atom is 0.387 e. The number of hydrogen-bond acceptors (Lipinski definition) is 2. The van der Waals surface area contributed by atoms with Gasteiger partial charge in [0.1, 0.15) is 5.75 Å². The van der Waals surface area contributed by atoms with Crippen molar-refractivity contribution in [2.24, 2.45) is 0 Å². The molecule has 2 rings (SSSR count). The summed E-state index contributed by atoms with van der Waals surface area (Å²) in [6, 6.07) is 13.7. The van der Waals surface area contributed by atoms with Crippen molar-refractivity contribution in [3.8, 4) is 5.75 Å². The van der Waals surface area contributed by atoms with E-state index in [4.69, 9.17) is 0 Å². The van der Waals surface area contributed by atoms with Gasteiger partial charge in [-0.3, -0.25) is 4.79 Å². The second kappa shape index (κ2) is 7.92. The zero-order valence-corrected chi connectivity index (χ0v) is 14.4. The van der Waals surface area contributed by atoms with Crippen LogP contribution < -0.4 is 10.1 Å². The van der Waals surface area contributed by atoms with Crippen LogP contribution in [-0.2, 0) is 10.2 Å². The molecule has 2 aromatic rings. The van der Waals surface area contributed by atoms with E-state index in [2.05, 4.69) is 30.8 Å². The zero-order chi connectivity index (χ0) is 18.4. The summed E-state index contributed by atoms with van der Waals surface area (Å²) < 4.78 is 28.5. The van der Waals surface area contributed by atoms with Crippen LogP contribution in [0.1, 0.15) is 31.9 Å². The fourth-order valence-electron chi connectivity index (χ4n) is 2.35. The van der Waals surface area contributed by atoms with E-state index in [0.29, 0.717) is 5.56 Å². The van der Waals surface area contributed by atoms with Crippen molar-refractivity contribution in [1.29, 1.82) is 0 Å². The molecule has 3 nitrogen and oxygen atoms in total. The number of benzene rings is 2. The number of alkyl halides is 2. The highest BCUT2D eigenvalue weighted by molar-refractivity contribution is 6.02. The van der Waals surface area contributed by atoms with Crippen LogP contribution in [0.3, 0.4) is 0 Å². The van der Waals surface area contributed by atoms with Gasteiger partial charge < -0.3 is 10.1 Å². The second-order valence-corrected chi connectivity index (χ2v) is 6.57. The van der Waals surface area contributed by atoms with E-state index >= 15 is 0 Å². The summed E-state index contributed by atoms with van der Waals surface area (Å²) in [5.41, 5.74) is 2.44. The SMILES string of the molecule is CC(C)(C)c1ccccc1NC(=O)/C=C/c1ccc(OC(F)F)cc1. The first-order chi connectivity index (χ1) is 11.8. The lowest BCUT2D eigenvalue weighted by Gasteiger charge is -2.22. The molecule has 0 aliphatic rings. The minimum Gasteiger partial charge on any atom is -0.435 e. The molecule has 0 aliphatic carbocycles. The van der Waals surface area contributed by atoms with Crippen molar-refractivity contribution in [2.75, 3.05) is 5.32 Å². The van der Waals surface area contributed by atoms with Gasteiger partial charge in [-0.1, -0.05) is 51.1 Å². The highest BCUT2D eigenvalue weighted by Gasteiger charge is 2.17. The maximum atomic E-state index is 12.2. The van der Waals surface area contributed by atoms with E-state index in [-0.39, 0.29) is 17.1 Å². The Labute approximate surface area is 146 Å². The van der Waals surface area contributed by atoms with Gasteiger partial charge in [0, 0.05) is 11.8 Å². The molecule has 0 spiro atoms. The molecule has 0 atom stereocenters. The van der Waals surface area contributed by atoms with Gasteiger partial charge in [-0.15, -0.1) is 0 Å². The summed E-state index contributed by atoms with van der Waals surface area (Å²) in [4.78, 5) is 12.2. The quantitative estimate of drug-likeness (QED) is 0.753. The summed E-state index contributed by atoms with van der Waals surface area (Å²) in [6.07, 6.45) is 3.02. The Hall–Kier alpha value is -2.69. The molecule has 2 aromatic carbocycles. The normalized spacial score (nSPS) is 11.8. The summed E-state index contributed by atoms with van der Waals surface area (Å²) in [5, 5.41) is 2.88. The molecule has 25 heavy (non-hydrogen) atoms. The van der Waals surface area contributed by atoms with Gasteiger partial charge >= 0.3 is 6.61 Å². The summed E-state index contributed by atoms with van der Waals surface area (Å²) in [6.45, 7) is 3.39. The third-order valence-corrected chi connectivity index (χ3v) is 3.53. The van der Waals surface area contributed by atoms with Gasteiger partial charge in [0.05, 0.1) is 0 Å². The lowest BCUT2D eigenvalue weighted by atomic mass is 9.86. The highest BCUT2D eigenvalue weighted by atomic mass is 19.3. The first kappa shape index (κ1) is 18.6. The fourth-order valence-corrected chi connectivity index (χ4v) is 2.35. The standard InChI is InChI=1S/C20H21F2NO2/c1-20(2,3)16-6-4-5-7-17(16)23-18(24)13-10-14-8-11-15(12-9-14)25-19(21)22/h4-13,19H,1-3H3,(H,23,24)/b13-10+. The molecule has 0 fully saturated rings. The monoisotopic (exact) mass is 345 g/mol. The number of carbonyl (C=O) groups is 1. The molecule has 0 saturated heterocycles. The Morgan fingerprint density at radius 3 is 2.32 bits per heavy atom. The fraction of sp³-hybridized carbons (Fsp3) is 0.250. The molecule has 0 unspecified atom stereocenters. The molecule has 0 aliphatic heterocycles. The van der Waals surface area contributed by atoms with Crippen molar-refractivity contribution in [3.05, 3.63) is 65.7 Å². The summed E-state index contributed by atoms with van der Waals surface area (Å²) in [7, 11) is 0. The number of ether oxygens (including phenoxy) is 1. The molecule has 132 valence electrons. The predicted molar refractivity (Wildman–Crippen MR) is 95.9 cm³/mol. The van der Waals surface area contributed by atoms with Crippen LogP contribution >= 0.6 is 0 Å². The Kier molecular flexibility index (Phi) is 5.91. The van der Waals surface area contributed by atoms with Crippen LogP contribution in [0.25, 0.3) is 6.08 Å².